The summed E-state index contributed by atoms with van der Waals surface area (Å²) in [5.74, 6) is 1.32. The number of aromatic nitrogens is 2. The Balaban J connectivity index is 2.24. The van der Waals surface area contributed by atoms with Crippen molar-refractivity contribution in [1.82, 2.24) is 15.1 Å². The third kappa shape index (κ3) is 3.25. The van der Waals surface area contributed by atoms with Gasteiger partial charge in [-0.2, -0.15) is 5.10 Å². The maximum Gasteiger partial charge on any atom is 0.131 e. The lowest BCUT2D eigenvalue weighted by Gasteiger charge is -2.27. The lowest BCUT2D eigenvalue weighted by molar-refractivity contribution is 0.301. The highest BCUT2D eigenvalue weighted by molar-refractivity contribution is 5.51. The smallest absolute Gasteiger partial charge is 0.131 e. The van der Waals surface area contributed by atoms with Crippen molar-refractivity contribution in [1.29, 1.82) is 0 Å². The van der Waals surface area contributed by atoms with Crippen molar-refractivity contribution in [2.75, 3.05) is 18.0 Å². The van der Waals surface area contributed by atoms with E-state index in [1.54, 1.807) is 0 Å². The number of nitrogens with zero attached hydrogens (tertiary/aromatic N) is 3. The Morgan fingerprint density at radius 1 is 1.29 bits per heavy atom. The highest BCUT2D eigenvalue weighted by Crippen LogP contribution is 2.40. The third-order valence-corrected chi connectivity index (χ3v) is 5.24. The molecule has 1 aliphatic heterocycles. The molecule has 1 aromatic rings. The van der Waals surface area contributed by atoms with Crippen LogP contribution in [-0.2, 0) is 13.6 Å². The minimum atomic E-state index is 0.501. The molecule has 1 aliphatic rings. The van der Waals surface area contributed by atoms with Gasteiger partial charge in [-0.05, 0) is 31.6 Å². The van der Waals surface area contributed by atoms with Gasteiger partial charge in [0.05, 0.1) is 5.69 Å². The van der Waals surface area contributed by atoms with Crippen molar-refractivity contribution < 1.29 is 0 Å². The molecule has 0 bridgehead atoms. The molecular formula is C17H32N4. The quantitative estimate of drug-likeness (QED) is 0.874. The Morgan fingerprint density at radius 2 is 1.95 bits per heavy atom. The van der Waals surface area contributed by atoms with Crippen LogP contribution in [0.15, 0.2) is 0 Å². The van der Waals surface area contributed by atoms with E-state index in [0.29, 0.717) is 11.5 Å². The monoisotopic (exact) mass is 292 g/mol. The average molecular weight is 292 g/mol. The molecule has 1 aromatic heterocycles. The molecule has 4 nitrogen and oxygen atoms in total. The van der Waals surface area contributed by atoms with E-state index in [2.05, 4.69) is 61.7 Å². The van der Waals surface area contributed by atoms with Crippen molar-refractivity contribution in [3.63, 3.8) is 0 Å². The molecular weight excluding hydrogens is 260 g/mol. The first-order valence-electron chi connectivity index (χ1n) is 8.43. The summed E-state index contributed by atoms with van der Waals surface area (Å²) in [7, 11) is 2.08. The SMILES string of the molecule is CCC1(CC)CCN(c2c(CNC(C)C)c(C)nn2C)C1. The van der Waals surface area contributed by atoms with E-state index in [4.69, 9.17) is 0 Å². The standard InChI is InChI=1S/C17H32N4/c1-7-17(8-2)9-10-21(12-17)16-15(11-18-13(3)4)14(5)19-20(16)6/h13,18H,7-12H2,1-6H3. The maximum atomic E-state index is 4.67. The number of nitrogens with one attached hydrogen (secondary N) is 1. The summed E-state index contributed by atoms with van der Waals surface area (Å²) < 4.78 is 2.08. The zero-order chi connectivity index (χ0) is 15.6. The van der Waals surface area contributed by atoms with Gasteiger partial charge in [0.25, 0.3) is 0 Å². The van der Waals surface area contributed by atoms with Gasteiger partial charge in [-0.1, -0.05) is 27.7 Å². The summed E-state index contributed by atoms with van der Waals surface area (Å²) in [6.07, 6.45) is 3.86. The predicted molar refractivity (Wildman–Crippen MR) is 89.8 cm³/mol. The molecule has 2 rings (SSSR count). The summed E-state index contributed by atoms with van der Waals surface area (Å²) in [5, 5.41) is 8.22. The van der Waals surface area contributed by atoms with Crippen LogP contribution in [0.1, 0.15) is 58.2 Å². The second kappa shape index (κ2) is 6.39. The Labute approximate surface area is 129 Å². The summed E-state index contributed by atoms with van der Waals surface area (Å²) >= 11 is 0. The van der Waals surface area contributed by atoms with E-state index in [-0.39, 0.29) is 0 Å². The minimum Gasteiger partial charge on any atom is -0.356 e. The van der Waals surface area contributed by atoms with E-state index in [1.807, 2.05) is 0 Å². The minimum absolute atomic E-state index is 0.501. The van der Waals surface area contributed by atoms with Gasteiger partial charge >= 0.3 is 0 Å². The highest BCUT2D eigenvalue weighted by atomic mass is 15.4. The number of anilines is 1. The van der Waals surface area contributed by atoms with Gasteiger partial charge < -0.3 is 10.2 Å². The van der Waals surface area contributed by atoms with Crippen molar-refractivity contribution in [3.05, 3.63) is 11.3 Å². The molecule has 0 aromatic carbocycles. The van der Waals surface area contributed by atoms with Crippen LogP contribution in [0.3, 0.4) is 0 Å². The molecule has 0 spiro atoms. The lowest BCUT2D eigenvalue weighted by Crippen LogP contribution is -2.29. The van der Waals surface area contributed by atoms with Crippen LogP contribution in [0.5, 0.6) is 0 Å². The average Bonchev–Trinajstić information content (AvgIpc) is 2.98. The zero-order valence-electron chi connectivity index (χ0n) is 14.7. The van der Waals surface area contributed by atoms with Crippen LogP contribution in [-0.4, -0.2) is 28.9 Å². The largest absolute Gasteiger partial charge is 0.356 e. The molecule has 0 aliphatic carbocycles. The van der Waals surface area contributed by atoms with Crippen LogP contribution in [0, 0.1) is 12.3 Å². The molecule has 0 amide bonds. The molecule has 1 N–H and O–H groups in total. The molecule has 120 valence electrons. The molecule has 1 saturated heterocycles. The Morgan fingerprint density at radius 3 is 2.48 bits per heavy atom. The van der Waals surface area contributed by atoms with Crippen LogP contribution in [0.25, 0.3) is 0 Å². The van der Waals surface area contributed by atoms with Crippen molar-refractivity contribution >= 4 is 5.82 Å². The summed E-state index contributed by atoms with van der Waals surface area (Å²) in [6, 6.07) is 0.501. The fourth-order valence-corrected chi connectivity index (χ4v) is 3.54. The second-order valence-corrected chi connectivity index (χ2v) is 6.93. The topological polar surface area (TPSA) is 33.1 Å². The van der Waals surface area contributed by atoms with Gasteiger partial charge in [-0.25, -0.2) is 0 Å². The van der Waals surface area contributed by atoms with Gasteiger partial charge in [0, 0.05) is 38.3 Å². The lowest BCUT2D eigenvalue weighted by atomic mass is 9.82. The fourth-order valence-electron chi connectivity index (χ4n) is 3.54. The first kappa shape index (κ1) is 16.3. The van der Waals surface area contributed by atoms with Crippen LogP contribution >= 0.6 is 0 Å². The van der Waals surface area contributed by atoms with Gasteiger partial charge in [-0.3, -0.25) is 4.68 Å². The van der Waals surface area contributed by atoms with Crippen LogP contribution in [0.2, 0.25) is 0 Å². The zero-order valence-corrected chi connectivity index (χ0v) is 14.7. The van der Waals surface area contributed by atoms with Crippen LogP contribution in [0.4, 0.5) is 5.82 Å². The maximum absolute atomic E-state index is 4.67. The summed E-state index contributed by atoms with van der Waals surface area (Å²) in [4.78, 5) is 2.56. The number of hydrogen-bond acceptors (Lipinski definition) is 3. The third-order valence-electron chi connectivity index (χ3n) is 5.24. The normalized spacial score (nSPS) is 18.0. The Hall–Kier alpha value is -1.03. The first-order valence-corrected chi connectivity index (χ1v) is 8.43. The molecule has 0 saturated carbocycles. The van der Waals surface area contributed by atoms with Crippen molar-refractivity contribution in [2.45, 2.75) is 66.5 Å². The molecule has 0 unspecified atom stereocenters. The van der Waals surface area contributed by atoms with E-state index in [0.717, 1.165) is 18.8 Å². The summed E-state index contributed by atoms with van der Waals surface area (Å²) in [5.41, 5.74) is 3.03. The Bertz CT molecular complexity index is 471. The summed E-state index contributed by atoms with van der Waals surface area (Å²) in [6.45, 7) is 14.4. The molecule has 0 atom stereocenters. The molecule has 4 heteroatoms. The van der Waals surface area contributed by atoms with E-state index < -0.39 is 0 Å². The molecule has 21 heavy (non-hydrogen) atoms. The number of aryl methyl sites for hydroxylation is 2. The van der Waals surface area contributed by atoms with E-state index in [9.17, 15) is 0 Å². The van der Waals surface area contributed by atoms with Gasteiger partial charge in [0.1, 0.15) is 5.82 Å². The fraction of sp³-hybridized carbons (Fsp3) is 0.824. The second-order valence-electron chi connectivity index (χ2n) is 6.93. The van der Waals surface area contributed by atoms with E-state index in [1.165, 1.54) is 37.2 Å². The van der Waals surface area contributed by atoms with Crippen molar-refractivity contribution in [2.24, 2.45) is 12.5 Å². The molecule has 0 radical (unpaired) electrons. The predicted octanol–water partition coefficient (Wildman–Crippen LogP) is 3.24. The van der Waals surface area contributed by atoms with Gasteiger partial charge in [0.15, 0.2) is 0 Å². The molecule has 2 heterocycles. The number of hydrogen-bond donors (Lipinski definition) is 1. The van der Waals surface area contributed by atoms with Gasteiger partial charge in [-0.15, -0.1) is 0 Å². The van der Waals surface area contributed by atoms with Gasteiger partial charge in [0.2, 0.25) is 0 Å². The number of rotatable bonds is 6. The Kier molecular flexibility index (Phi) is 4.97. The highest BCUT2D eigenvalue weighted by Gasteiger charge is 2.37. The van der Waals surface area contributed by atoms with E-state index >= 15 is 0 Å². The van der Waals surface area contributed by atoms with Crippen molar-refractivity contribution in [3.8, 4) is 0 Å². The van der Waals surface area contributed by atoms with Crippen LogP contribution < -0.4 is 10.2 Å². The first-order chi connectivity index (χ1) is 9.92. The molecule has 1 fully saturated rings.